The predicted octanol–water partition coefficient (Wildman–Crippen LogP) is 8.07. The molecule has 0 N–H and O–H groups in total. The van der Waals surface area contributed by atoms with Gasteiger partial charge in [0.1, 0.15) is 11.5 Å². The first-order valence-electron chi connectivity index (χ1n) is 18.0. The Kier molecular flexibility index (Phi) is 7.64. The minimum absolute atomic E-state index is 0.232. The smallest absolute Gasteiger partial charge is 0.303 e. The van der Waals surface area contributed by atoms with Gasteiger partial charge in [0.15, 0.2) is 0 Å². The van der Waals surface area contributed by atoms with Gasteiger partial charge in [-0.2, -0.15) is 0 Å². The van der Waals surface area contributed by atoms with Crippen LogP contribution in [0.15, 0.2) is 170 Å². The van der Waals surface area contributed by atoms with E-state index in [9.17, 15) is 19.2 Å². The summed E-state index contributed by atoms with van der Waals surface area (Å²) in [6, 6.07) is 41.2. The van der Waals surface area contributed by atoms with Gasteiger partial charge in [-0.05, 0) is 70.8 Å². The van der Waals surface area contributed by atoms with Crippen molar-refractivity contribution in [2.75, 3.05) is 9.80 Å². The van der Waals surface area contributed by atoms with E-state index in [1.807, 2.05) is 48.5 Å². The van der Waals surface area contributed by atoms with E-state index in [0.29, 0.717) is 33.8 Å². The van der Waals surface area contributed by atoms with Gasteiger partial charge in [0.05, 0.1) is 22.0 Å². The third kappa shape index (κ3) is 4.78. The molecule has 276 valence electrons. The Balaban J connectivity index is 1.33. The van der Waals surface area contributed by atoms with Crippen LogP contribution < -0.4 is 29.5 Å². The van der Waals surface area contributed by atoms with Crippen molar-refractivity contribution in [2.24, 2.45) is 0 Å². The molecule has 4 aliphatic rings. The summed E-state index contributed by atoms with van der Waals surface area (Å²) in [6.45, 7) is 0. The molecule has 0 saturated carbocycles. The number of hydrogen-bond donors (Lipinski definition) is 0. The molecule has 2 unspecified atom stereocenters. The number of fused-ring (bicyclic) bond motifs is 6. The van der Waals surface area contributed by atoms with Gasteiger partial charge >= 0.3 is 14.7 Å². The first-order chi connectivity index (χ1) is 27.7. The van der Waals surface area contributed by atoms with Gasteiger partial charge in [0, 0.05) is 35.4 Å². The minimum atomic E-state index is -4.66. The zero-order valence-electron chi connectivity index (χ0n) is 29.7. The molecule has 0 fully saturated rings. The molecule has 0 saturated heterocycles. The van der Waals surface area contributed by atoms with Crippen molar-refractivity contribution >= 4 is 60.4 Å². The Morgan fingerprint density at radius 2 is 0.702 bits per heavy atom. The van der Waals surface area contributed by atoms with Gasteiger partial charge in [0.2, 0.25) is 4.90 Å². The summed E-state index contributed by atoms with van der Waals surface area (Å²) in [5, 5.41) is 0.574. The Morgan fingerprint density at radius 1 is 0.386 bits per heavy atom. The van der Waals surface area contributed by atoms with Gasteiger partial charge in [-0.1, -0.05) is 97.1 Å². The Bertz CT molecular complexity index is 2680. The van der Waals surface area contributed by atoms with Crippen LogP contribution in [-0.4, -0.2) is 23.6 Å². The fourth-order valence-electron chi connectivity index (χ4n) is 8.32. The summed E-state index contributed by atoms with van der Waals surface area (Å²) in [7, 11) is -9.32. The number of nitrogens with zero attached hydrogens (tertiary/aromatic N) is 2. The Morgan fingerprint density at radius 3 is 1.07 bits per heavy atom. The first kappa shape index (κ1) is 34.6. The molecule has 0 spiro atoms. The molecule has 6 aromatic carbocycles. The van der Waals surface area contributed by atoms with Gasteiger partial charge in [-0.15, -0.1) is 0 Å². The van der Waals surface area contributed by atoms with E-state index in [1.165, 1.54) is 24.3 Å². The van der Waals surface area contributed by atoms with Crippen molar-refractivity contribution in [3.63, 3.8) is 0 Å². The number of benzene rings is 6. The lowest BCUT2D eigenvalue weighted by Gasteiger charge is -2.48. The van der Waals surface area contributed by atoms with Crippen molar-refractivity contribution in [1.29, 1.82) is 0 Å². The number of rotatable bonds is 6. The van der Waals surface area contributed by atoms with Gasteiger partial charge < -0.3 is 9.05 Å². The standard InChI is InChI=1S/C45H28N2O8P2/c48-41-25-26-42(49)46(41)31-21-17-29(18-22-31)45(30-19-23-32(24-20-30)47-43(50)27-28-44(47)51,56(52)39-15-7-3-11-35(39)33-9-1-5-13-37(33)54-56)57(53)40-16-8-4-12-36(40)34-10-2-6-14-38(34)55-57/h1-28H. The number of imide groups is 2. The second-order valence-electron chi connectivity index (χ2n) is 13.8. The summed E-state index contributed by atoms with van der Waals surface area (Å²) < 4.78 is 48.3. The molecule has 10 rings (SSSR count). The predicted molar refractivity (Wildman–Crippen MR) is 216 cm³/mol. The monoisotopic (exact) mass is 786 g/mol. The molecule has 4 amide bonds. The number of hydrogen-bond acceptors (Lipinski definition) is 8. The van der Waals surface area contributed by atoms with E-state index < -0.39 is 43.3 Å². The van der Waals surface area contributed by atoms with Gasteiger partial charge in [0.25, 0.3) is 23.6 Å². The molecule has 12 heteroatoms. The molecule has 6 aromatic rings. The van der Waals surface area contributed by atoms with Gasteiger partial charge in [-0.25, -0.2) is 9.80 Å². The summed E-state index contributed by atoms with van der Waals surface area (Å²) in [4.78, 5) is 51.1. The molecule has 2 atom stereocenters. The Labute approximate surface area is 326 Å². The quantitative estimate of drug-likeness (QED) is 0.123. The maximum Gasteiger partial charge on any atom is 0.303 e. The van der Waals surface area contributed by atoms with E-state index in [1.54, 1.807) is 97.1 Å². The molecule has 4 heterocycles. The third-order valence-corrected chi connectivity index (χ3v) is 18.1. The van der Waals surface area contributed by atoms with Crippen molar-refractivity contribution in [1.82, 2.24) is 0 Å². The van der Waals surface area contributed by atoms with Crippen LogP contribution >= 0.6 is 14.7 Å². The highest BCUT2D eigenvalue weighted by Gasteiger charge is 2.70. The third-order valence-electron chi connectivity index (χ3n) is 10.8. The van der Waals surface area contributed by atoms with E-state index >= 15 is 9.13 Å². The molecule has 0 aromatic heterocycles. The average molecular weight is 787 g/mol. The molecule has 57 heavy (non-hydrogen) atoms. The summed E-state index contributed by atoms with van der Waals surface area (Å²) in [6.07, 6.45) is 4.72. The second-order valence-corrected chi connectivity index (χ2v) is 19.0. The van der Waals surface area contributed by atoms with Crippen molar-refractivity contribution < 1.29 is 37.4 Å². The average Bonchev–Trinajstić information content (AvgIpc) is 3.76. The van der Waals surface area contributed by atoms with Crippen LogP contribution in [0.2, 0.25) is 0 Å². The normalized spacial score (nSPS) is 20.4. The minimum Gasteiger partial charge on any atom is -0.438 e. The fraction of sp³-hybridized carbons (Fsp3) is 0.0222. The number of carbonyl (C=O) groups excluding carboxylic acids is 4. The number of anilines is 2. The molecular formula is C45H28N2O8P2. The largest absolute Gasteiger partial charge is 0.438 e. The lowest BCUT2D eigenvalue weighted by molar-refractivity contribution is -0.121. The number of amides is 4. The second kappa shape index (κ2) is 12.6. The molecule has 10 nitrogen and oxygen atoms in total. The highest BCUT2D eigenvalue weighted by molar-refractivity contribution is 7.86. The Hall–Kier alpha value is -6.86. The molecule has 0 radical (unpaired) electrons. The lowest BCUT2D eigenvalue weighted by Crippen LogP contribution is -2.42. The van der Waals surface area contributed by atoms with Crippen molar-refractivity contribution in [3.05, 3.63) is 181 Å². The van der Waals surface area contributed by atoms with Crippen LogP contribution in [0.5, 0.6) is 11.5 Å². The molecule has 0 bridgehead atoms. The van der Waals surface area contributed by atoms with Crippen molar-refractivity contribution in [2.45, 2.75) is 4.90 Å². The van der Waals surface area contributed by atoms with Crippen molar-refractivity contribution in [3.8, 4) is 33.8 Å². The van der Waals surface area contributed by atoms with Crippen LogP contribution in [-0.2, 0) is 33.2 Å². The summed E-state index contributed by atoms with van der Waals surface area (Å²) in [5.74, 6) is -1.52. The highest BCUT2D eigenvalue weighted by Crippen LogP contribution is 2.84. The molecule has 4 aliphatic heterocycles. The SMILES string of the molecule is O=C1C=CC(=O)N1c1ccc(C(c2ccc(N3C(=O)C=CC3=O)cc2)(P2(=O)Oc3ccccc3-c3ccccc32)P2(=O)Oc3ccccc3-c3ccccc32)cc1. The zero-order chi connectivity index (χ0) is 39.1. The van der Waals surface area contributed by atoms with Crippen LogP contribution in [0.4, 0.5) is 11.4 Å². The lowest BCUT2D eigenvalue weighted by atomic mass is 10.0. The van der Waals surface area contributed by atoms with E-state index in [4.69, 9.17) is 9.05 Å². The van der Waals surface area contributed by atoms with E-state index in [2.05, 4.69) is 0 Å². The van der Waals surface area contributed by atoms with Crippen LogP contribution in [0, 0.1) is 0 Å². The van der Waals surface area contributed by atoms with Crippen LogP contribution in [0.25, 0.3) is 22.3 Å². The summed E-state index contributed by atoms with van der Waals surface area (Å²) >= 11 is 0. The number of carbonyl (C=O) groups is 4. The maximum atomic E-state index is 17.2. The first-order valence-corrected chi connectivity index (χ1v) is 21.2. The van der Waals surface area contributed by atoms with E-state index in [0.717, 1.165) is 9.80 Å². The van der Waals surface area contributed by atoms with Crippen LogP contribution in [0.1, 0.15) is 11.1 Å². The topological polar surface area (TPSA) is 127 Å². The molecular weight excluding hydrogens is 758 g/mol. The van der Waals surface area contributed by atoms with Gasteiger partial charge in [-0.3, -0.25) is 28.3 Å². The van der Waals surface area contributed by atoms with Crippen LogP contribution in [0.3, 0.4) is 0 Å². The highest BCUT2D eigenvalue weighted by atomic mass is 31.2. The number of para-hydroxylation sites is 2. The zero-order valence-corrected chi connectivity index (χ0v) is 31.5. The maximum absolute atomic E-state index is 17.2. The summed E-state index contributed by atoms with van der Waals surface area (Å²) in [5.41, 5.74) is 3.53. The van der Waals surface area contributed by atoms with E-state index in [-0.39, 0.29) is 33.1 Å². The molecule has 0 aliphatic carbocycles. The fourth-order valence-corrected chi connectivity index (χ4v) is 16.2.